The molecule has 7 nitrogen and oxygen atoms in total. The summed E-state index contributed by atoms with van der Waals surface area (Å²) < 4.78 is 57.3. The number of nitrogens with zero attached hydrogens (tertiary/aromatic N) is 6. The number of rotatable bonds is 11. The molecule has 0 bridgehead atoms. The van der Waals surface area contributed by atoms with Gasteiger partial charge in [0, 0.05) is 17.8 Å². The fourth-order valence-corrected chi connectivity index (χ4v) is 5.59. The highest BCUT2D eigenvalue weighted by molar-refractivity contribution is 6.12. The number of hydrogen-bond donors (Lipinski definition) is 1. The molecule has 0 radical (unpaired) electrons. The number of halogens is 4. The molecule has 0 spiro atoms. The van der Waals surface area contributed by atoms with Crippen molar-refractivity contribution in [1.82, 2.24) is 19.4 Å². The average molecular weight is 572 g/mol. The van der Waals surface area contributed by atoms with Crippen LogP contribution < -0.4 is 5.32 Å². The van der Waals surface area contributed by atoms with Crippen LogP contribution in [0, 0.1) is 18.7 Å². The summed E-state index contributed by atoms with van der Waals surface area (Å²) in [5.41, 5.74) is 2.04. The Balaban J connectivity index is 1.48. The number of alkyl halides is 2. The molecular formula is C30H37F4N7. The van der Waals surface area contributed by atoms with Gasteiger partial charge in [-0.05, 0) is 89.0 Å². The van der Waals surface area contributed by atoms with Crippen molar-refractivity contribution >= 4 is 29.3 Å². The highest BCUT2D eigenvalue weighted by Gasteiger charge is 2.26. The third kappa shape index (κ3) is 7.19. The zero-order valence-electron chi connectivity index (χ0n) is 23.9. The van der Waals surface area contributed by atoms with E-state index < -0.39 is 18.1 Å². The number of imidazole rings is 1. The van der Waals surface area contributed by atoms with Crippen LogP contribution in [0.5, 0.6) is 0 Å². The Bertz CT molecular complexity index is 1400. The maximum atomic E-state index is 15.0. The van der Waals surface area contributed by atoms with Crippen molar-refractivity contribution < 1.29 is 17.6 Å². The maximum absolute atomic E-state index is 15.0. The minimum Gasteiger partial charge on any atom is -0.351 e. The summed E-state index contributed by atoms with van der Waals surface area (Å²) in [5, 5.41) is 3.07. The number of aryl methyl sites for hydroxylation is 1. The van der Waals surface area contributed by atoms with Crippen LogP contribution in [0.4, 0.5) is 23.4 Å². The van der Waals surface area contributed by atoms with Crippen molar-refractivity contribution in [2.75, 3.05) is 31.6 Å². The highest BCUT2D eigenvalue weighted by atomic mass is 19.3. The lowest BCUT2D eigenvalue weighted by Gasteiger charge is -2.34. The van der Waals surface area contributed by atoms with Crippen molar-refractivity contribution in [1.29, 1.82) is 0 Å². The Labute approximate surface area is 238 Å². The molecule has 11 heteroatoms. The second-order valence-corrected chi connectivity index (χ2v) is 10.7. The molecule has 1 saturated heterocycles. The first-order chi connectivity index (χ1) is 19.6. The number of likely N-dealkylation sites (tertiary alicyclic amines) is 1. The summed E-state index contributed by atoms with van der Waals surface area (Å²) in [5.74, 6) is 0.551. The van der Waals surface area contributed by atoms with Gasteiger partial charge in [0.15, 0.2) is 11.6 Å². The summed E-state index contributed by atoms with van der Waals surface area (Å²) in [7, 11) is 0. The quantitative estimate of drug-likeness (QED) is 0.201. The molecule has 1 fully saturated rings. The van der Waals surface area contributed by atoms with Crippen LogP contribution >= 0.6 is 0 Å². The van der Waals surface area contributed by atoms with Crippen LogP contribution in [0.15, 0.2) is 52.5 Å². The smallest absolute Gasteiger partial charge is 0.251 e. The number of aromatic nitrogens is 3. The molecule has 41 heavy (non-hydrogen) atoms. The molecule has 0 saturated carbocycles. The van der Waals surface area contributed by atoms with Gasteiger partial charge in [-0.15, -0.1) is 0 Å². The van der Waals surface area contributed by atoms with E-state index in [4.69, 9.17) is 0 Å². The number of aliphatic imine (C=N–C) groups is 2. The zero-order valence-corrected chi connectivity index (χ0v) is 23.9. The Morgan fingerprint density at radius 2 is 1.93 bits per heavy atom. The normalized spacial score (nSPS) is 16.6. The van der Waals surface area contributed by atoms with E-state index in [1.54, 1.807) is 19.2 Å². The Morgan fingerprint density at radius 1 is 1.20 bits per heavy atom. The van der Waals surface area contributed by atoms with Crippen molar-refractivity contribution in [3.05, 3.63) is 65.3 Å². The van der Waals surface area contributed by atoms with Crippen molar-refractivity contribution in [2.45, 2.75) is 58.9 Å². The van der Waals surface area contributed by atoms with Gasteiger partial charge in [-0.2, -0.15) is 0 Å². The Hall–Kier alpha value is -3.60. The van der Waals surface area contributed by atoms with Gasteiger partial charge in [0.25, 0.3) is 6.43 Å². The van der Waals surface area contributed by atoms with E-state index in [1.807, 2.05) is 35.4 Å². The van der Waals surface area contributed by atoms with Crippen LogP contribution in [-0.2, 0) is 0 Å². The second kappa shape index (κ2) is 13.4. The number of benzene rings is 1. The fraction of sp³-hybridized carbons (Fsp3) is 0.467. The number of allylic oxidation sites excluding steroid dienone is 1. The molecule has 1 unspecified atom stereocenters. The van der Waals surface area contributed by atoms with Gasteiger partial charge in [0.1, 0.15) is 29.5 Å². The van der Waals surface area contributed by atoms with Gasteiger partial charge in [-0.3, -0.25) is 14.9 Å². The molecule has 1 N–H and O–H groups in total. The van der Waals surface area contributed by atoms with Crippen LogP contribution in [-0.4, -0.2) is 64.6 Å². The molecule has 1 atom stereocenters. The molecule has 0 aliphatic carbocycles. The predicted octanol–water partition coefficient (Wildman–Crippen LogP) is 6.91. The van der Waals surface area contributed by atoms with E-state index in [9.17, 15) is 8.78 Å². The molecule has 4 rings (SSSR count). The maximum Gasteiger partial charge on any atom is 0.251 e. The average Bonchev–Trinajstić information content (AvgIpc) is 3.28. The molecule has 220 valence electrons. The van der Waals surface area contributed by atoms with E-state index in [0.29, 0.717) is 36.2 Å². The first-order valence-electron chi connectivity index (χ1n) is 13.8. The van der Waals surface area contributed by atoms with Gasteiger partial charge < -0.3 is 9.88 Å². The molecule has 1 aliphatic heterocycles. The largest absolute Gasteiger partial charge is 0.351 e. The van der Waals surface area contributed by atoms with Crippen LogP contribution in [0.25, 0.3) is 11.0 Å². The number of hydrogen-bond acceptors (Lipinski definition) is 6. The van der Waals surface area contributed by atoms with Crippen molar-refractivity contribution in [2.24, 2.45) is 15.9 Å². The zero-order chi connectivity index (χ0) is 29.7. The van der Waals surface area contributed by atoms with Gasteiger partial charge in [-0.25, -0.2) is 27.5 Å². The van der Waals surface area contributed by atoms with Gasteiger partial charge in [0.05, 0.1) is 18.3 Å². The summed E-state index contributed by atoms with van der Waals surface area (Å²) in [4.78, 5) is 18.5. The molecule has 0 amide bonds. The van der Waals surface area contributed by atoms with E-state index in [0.717, 1.165) is 24.6 Å². The Kier molecular flexibility index (Phi) is 9.90. The molecule has 1 aliphatic rings. The minimum atomic E-state index is -2.30. The molecule has 3 heterocycles. The number of fused-ring (bicyclic) bond motifs is 1. The van der Waals surface area contributed by atoms with E-state index in [-0.39, 0.29) is 42.0 Å². The number of nitrogens with one attached hydrogen (secondary N) is 1. The van der Waals surface area contributed by atoms with Gasteiger partial charge in [0.2, 0.25) is 0 Å². The van der Waals surface area contributed by atoms with Gasteiger partial charge in [-0.1, -0.05) is 13.0 Å². The summed E-state index contributed by atoms with van der Waals surface area (Å²) in [6.45, 7) is 12.4. The minimum absolute atomic E-state index is 0.0135. The topological polar surface area (TPSA) is 70.7 Å². The van der Waals surface area contributed by atoms with E-state index >= 15 is 8.78 Å². The van der Waals surface area contributed by atoms with Crippen molar-refractivity contribution in [3.63, 3.8) is 0 Å². The van der Waals surface area contributed by atoms with Crippen LogP contribution in [0.1, 0.15) is 62.5 Å². The van der Waals surface area contributed by atoms with Crippen molar-refractivity contribution in [3.8, 4) is 0 Å². The summed E-state index contributed by atoms with van der Waals surface area (Å²) >= 11 is 0. The molecule has 1 aromatic carbocycles. The molecule has 3 aromatic rings. The third-order valence-electron chi connectivity index (χ3n) is 7.69. The fourth-order valence-electron chi connectivity index (χ4n) is 5.59. The lowest BCUT2D eigenvalue weighted by Crippen LogP contribution is -2.38. The van der Waals surface area contributed by atoms with Crippen LogP contribution in [0.2, 0.25) is 0 Å². The Morgan fingerprint density at radius 3 is 2.54 bits per heavy atom. The molecule has 2 aromatic heterocycles. The number of anilines is 1. The van der Waals surface area contributed by atoms with Crippen LogP contribution in [0.3, 0.4) is 0 Å². The van der Waals surface area contributed by atoms with Gasteiger partial charge >= 0.3 is 0 Å². The van der Waals surface area contributed by atoms with E-state index in [1.165, 1.54) is 6.07 Å². The predicted molar refractivity (Wildman–Crippen MR) is 156 cm³/mol. The molecular weight excluding hydrogens is 534 g/mol. The summed E-state index contributed by atoms with van der Waals surface area (Å²) in [6, 6.07) is 6.75. The van der Waals surface area contributed by atoms with E-state index in [2.05, 4.69) is 38.9 Å². The number of piperidine rings is 1. The standard InChI is InChI=1S/C30H37F4N7/c1-18(2)41-20(4)39-30-24(31)12-23(13-26(30)41)29(25(32)15-35-5)38-17-37-28-7-6-22(14-36-28)19(3)21-8-10-40(11-9-21)16-27(33)34/h6-7,12-15,18-19,21,27H,5,8-11,16-17H2,1-4H3,(H,36,37)/b25-15+,38-29?. The first-order valence-corrected chi connectivity index (χ1v) is 13.8. The highest BCUT2D eigenvalue weighted by Crippen LogP contribution is 2.32. The summed E-state index contributed by atoms with van der Waals surface area (Å²) in [6.07, 6.45) is 2.17. The second-order valence-electron chi connectivity index (χ2n) is 10.7. The first kappa shape index (κ1) is 30.4. The SMILES string of the molecule is C=N/C=C(/F)C(=NCNc1ccc(C(C)C2CCN(CC(F)F)CC2)cn1)c1cc(F)c2nc(C)n(C(C)C)c2c1. The lowest BCUT2D eigenvalue weighted by molar-refractivity contribution is 0.0664. The number of pyridine rings is 1. The monoisotopic (exact) mass is 571 g/mol. The lowest BCUT2D eigenvalue weighted by atomic mass is 9.82. The third-order valence-corrected chi connectivity index (χ3v) is 7.69.